The van der Waals surface area contributed by atoms with E-state index >= 15 is 0 Å². The van der Waals surface area contributed by atoms with Gasteiger partial charge in [0.1, 0.15) is 5.60 Å². The fourth-order valence-electron chi connectivity index (χ4n) is 3.96. The fraction of sp³-hybridized carbons (Fsp3) is 0.444. The SMILES string of the molecule is Cc1cc(Cl)cc2c(N3CCC[C@@]4(CN(C)C(=O)O4)C3)ccnc12. The average molecular weight is 346 g/mol. The van der Waals surface area contributed by atoms with Crippen molar-refractivity contribution < 1.29 is 9.53 Å². The van der Waals surface area contributed by atoms with E-state index in [1.54, 1.807) is 11.9 Å². The van der Waals surface area contributed by atoms with Crippen LogP contribution in [0, 0.1) is 6.92 Å². The Morgan fingerprint density at radius 2 is 2.17 bits per heavy atom. The van der Waals surface area contributed by atoms with Crippen LogP contribution in [-0.4, -0.2) is 48.3 Å². The van der Waals surface area contributed by atoms with Gasteiger partial charge >= 0.3 is 6.09 Å². The number of aryl methyl sites for hydroxylation is 1. The predicted octanol–water partition coefficient (Wildman–Crippen LogP) is 3.62. The van der Waals surface area contributed by atoms with Crippen molar-refractivity contribution in [3.63, 3.8) is 0 Å². The number of carbonyl (C=O) groups excluding carboxylic acids is 1. The van der Waals surface area contributed by atoms with Crippen molar-refractivity contribution in [3.05, 3.63) is 35.0 Å². The van der Waals surface area contributed by atoms with Gasteiger partial charge in [-0.3, -0.25) is 4.98 Å². The van der Waals surface area contributed by atoms with Crippen molar-refractivity contribution >= 4 is 34.3 Å². The van der Waals surface area contributed by atoms with E-state index in [1.165, 1.54) is 0 Å². The van der Waals surface area contributed by atoms with Gasteiger partial charge in [0.15, 0.2) is 0 Å². The van der Waals surface area contributed by atoms with Crippen molar-refractivity contribution in [2.45, 2.75) is 25.4 Å². The maximum absolute atomic E-state index is 11.9. The van der Waals surface area contributed by atoms with E-state index in [-0.39, 0.29) is 6.09 Å². The van der Waals surface area contributed by atoms with Crippen LogP contribution in [0.5, 0.6) is 0 Å². The lowest BCUT2D eigenvalue weighted by Crippen LogP contribution is -2.50. The van der Waals surface area contributed by atoms with E-state index < -0.39 is 5.60 Å². The molecule has 1 aromatic heterocycles. The Morgan fingerprint density at radius 1 is 1.33 bits per heavy atom. The molecular formula is C18H20ClN3O2. The Kier molecular flexibility index (Phi) is 3.57. The molecule has 2 saturated heterocycles. The Morgan fingerprint density at radius 3 is 2.92 bits per heavy atom. The first kappa shape index (κ1) is 15.5. The summed E-state index contributed by atoms with van der Waals surface area (Å²) < 4.78 is 5.72. The molecule has 1 spiro atoms. The third kappa shape index (κ3) is 2.47. The first-order valence-electron chi connectivity index (χ1n) is 8.21. The van der Waals surface area contributed by atoms with Crippen LogP contribution < -0.4 is 4.90 Å². The summed E-state index contributed by atoms with van der Waals surface area (Å²) in [7, 11) is 1.79. The van der Waals surface area contributed by atoms with Gasteiger partial charge in [-0.2, -0.15) is 0 Å². The van der Waals surface area contributed by atoms with Gasteiger partial charge < -0.3 is 14.5 Å². The van der Waals surface area contributed by atoms with Gasteiger partial charge in [-0.25, -0.2) is 4.79 Å². The molecule has 0 aliphatic carbocycles. The van der Waals surface area contributed by atoms with E-state index in [9.17, 15) is 4.79 Å². The topological polar surface area (TPSA) is 45.7 Å². The van der Waals surface area contributed by atoms with E-state index in [2.05, 4.69) is 9.88 Å². The zero-order valence-corrected chi connectivity index (χ0v) is 14.6. The highest BCUT2D eigenvalue weighted by molar-refractivity contribution is 6.31. The monoisotopic (exact) mass is 345 g/mol. The summed E-state index contributed by atoms with van der Waals surface area (Å²) in [6.07, 6.45) is 3.51. The number of piperidine rings is 1. The van der Waals surface area contributed by atoms with Gasteiger partial charge in [0.2, 0.25) is 0 Å². The number of anilines is 1. The van der Waals surface area contributed by atoms with Crippen molar-refractivity contribution in [3.8, 4) is 0 Å². The lowest BCUT2D eigenvalue weighted by Gasteiger charge is -2.40. The van der Waals surface area contributed by atoms with Gasteiger partial charge in [-0.1, -0.05) is 11.6 Å². The maximum atomic E-state index is 11.9. The smallest absolute Gasteiger partial charge is 0.410 e. The molecule has 1 aromatic carbocycles. The normalized spacial score (nSPS) is 24.0. The minimum absolute atomic E-state index is 0.227. The number of benzene rings is 1. The van der Waals surface area contributed by atoms with Crippen LogP contribution in [0.2, 0.25) is 5.02 Å². The summed E-state index contributed by atoms with van der Waals surface area (Å²) in [6.45, 7) is 4.31. The lowest BCUT2D eigenvalue weighted by atomic mass is 9.92. The molecule has 24 heavy (non-hydrogen) atoms. The van der Waals surface area contributed by atoms with Crippen molar-refractivity contribution in [2.75, 3.05) is 31.6 Å². The molecule has 0 radical (unpaired) electrons. The number of nitrogens with zero attached hydrogens (tertiary/aromatic N) is 3. The first-order valence-corrected chi connectivity index (χ1v) is 8.59. The summed E-state index contributed by atoms with van der Waals surface area (Å²) in [6, 6.07) is 5.93. The number of carbonyl (C=O) groups is 1. The zero-order valence-electron chi connectivity index (χ0n) is 13.9. The quantitative estimate of drug-likeness (QED) is 0.792. The van der Waals surface area contributed by atoms with Gasteiger partial charge in [0, 0.05) is 35.9 Å². The summed E-state index contributed by atoms with van der Waals surface area (Å²) in [5, 5.41) is 1.77. The van der Waals surface area contributed by atoms with Crippen LogP contribution >= 0.6 is 11.6 Å². The zero-order chi connectivity index (χ0) is 16.9. The number of rotatable bonds is 1. The molecule has 0 unspecified atom stereocenters. The van der Waals surface area contributed by atoms with E-state index in [1.807, 2.05) is 31.3 Å². The molecule has 1 atom stereocenters. The van der Waals surface area contributed by atoms with E-state index in [4.69, 9.17) is 16.3 Å². The number of aromatic nitrogens is 1. The highest BCUT2D eigenvalue weighted by Crippen LogP contribution is 2.36. The second-order valence-electron chi connectivity index (χ2n) is 6.88. The standard InChI is InChI=1S/C18H20ClN3O2/c1-12-8-13(19)9-14-15(4-6-20-16(12)14)22-7-3-5-18(11-22)10-21(2)17(23)24-18/h4,6,8-9H,3,5,7,10-11H2,1-2H3/t18-/m1/s1. The second-order valence-corrected chi connectivity index (χ2v) is 7.32. The van der Waals surface area contributed by atoms with Crippen LogP contribution in [0.1, 0.15) is 18.4 Å². The summed E-state index contributed by atoms with van der Waals surface area (Å²) >= 11 is 6.27. The minimum atomic E-state index is -0.409. The highest BCUT2D eigenvalue weighted by Gasteiger charge is 2.46. The number of halogens is 1. The third-order valence-corrected chi connectivity index (χ3v) is 5.22. The molecule has 0 N–H and O–H groups in total. The first-order chi connectivity index (χ1) is 11.5. The van der Waals surface area contributed by atoms with Crippen molar-refractivity contribution in [2.24, 2.45) is 0 Å². The number of likely N-dealkylation sites (N-methyl/N-ethyl adjacent to an activating group) is 1. The van der Waals surface area contributed by atoms with Crippen molar-refractivity contribution in [1.82, 2.24) is 9.88 Å². The van der Waals surface area contributed by atoms with Gasteiger partial charge in [0.05, 0.1) is 18.6 Å². The Bertz CT molecular complexity index is 825. The molecule has 3 heterocycles. The van der Waals surface area contributed by atoms with Crippen LogP contribution in [-0.2, 0) is 4.74 Å². The summed E-state index contributed by atoms with van der Waals surface area (Å²) in [5.74, 6) is 0. The summed E-state index contributed by atoms with van der Waals surface area (Å²) in [5.41, 5.74) is 2.73. The molecule has 2 aliphatic rings. The molecule has 1 amide bonds. The van der Waals surface area contributed by atoms with E-state index in [0.717, 1.165) is 41.5 Å². The van der Waals surface area contributed by atoms with Crippen LogP contribution in [0.3, 0.4) is 0 Å². The average Bonchev–Trinajstić information content (AvgIpc) is 2.80. The molecule has 5 nitrogen and oxygen atoms in total. The maximum Gasteiger partial charge on any atom is 0.410 e. The molecule has 4 rings (SSSR count). The van der Waals surface area contributed by atoms with E-state index in [0.29, 0.717) is 18.1 Å². The highest BCUT2D eigenvalue weighted by atomic mass is 35.5. The third-order valence-electron chi connectivity index (χ3n) is 5.00. The summed E-state index contributed by atoms with van der Waals surface area (Å²) in [4.78, 5) is 20.3. The molecular weight excluding hydrogens is 326 g/mol. The Balaban J connectivity index is 1.74. The Labute approximate surface area is 146 Å². The molecule has 0 saturated carbocycles. The van der Waals surface area contributed by atoms with Crippen molar-refractivity contribution in [1.29, 1.82) is 0 Å². The largest absolute Gasteiger partial charge is 0.439 e. The van der Waals surface area contributed by atoms with Gasteiger partial charge in [-0.15, -0.1) is 0 Å². The fourth-order valence-corrected chi connectivity index (χ4v) is 4.23. The van der Waals surface area contributed by atoms with Gasteiger partial charge in [-0.05, 0) is 43.5 Å². The van der Waals surface area contributed by atoms with Crippen LogP contribution in [0.15, 0.2) is 24.4 Å². The second kappa shape index (κ2) is 5.52. The minimum Gasteiger partial charge on any atom is -0.439 e. The number of fused-ring (bicyclic) bond motifs is 1. The molecule has 2 fully saturated rings. The Hall–Kier alpha value is -2.01. The number of pyridine rings is 1. The molecule has 0 bridgehead atoms. The van der Waals surface area contributed by atoms with Crippen LogP contribution in [0.4, 0.5) is 10.5 Å². The molecule has 2 aliphatic heterocycles. The predicted molar refractivity (Wildman–Crippen MR) is 94.8 cm³/mol. The number of ether oxygens (including phenoxy) is 1. The number of hydrogen-bond donors (Lipinski definition) is 0. The van der Waals surface area contributed by atoms with Gasteiger partial charge in [0.25, 0.3) is 0 Å². The number of hydrogen-bond acceptors (Lipinski definition) is 4. The number of amides is 1. The molecule has 2 aromatic rings. The van der Waals surface area contributed by atoms with Crippen LogP contribution in [0.25, 0.3) is 10.9 Å². The molecule has 6 heteroatoms. The molecule has 126 valence electrons. The lowest BCUT2D eigenvalue weighted by molar-refractivity contribution is 0.0448.